The second-order valence-electron chi connectivity index (χ2n) is 6.88. The summed E-state index contributed by atoms with van der Waals surface area (Å²) < 4.78 is 5.35. The van der Waals surface area contributed by atoms with E-state index in [-0.39, 0.29) is 43.8 Å². The number of rotatable bonds is 6. The van der Waals surface area contributed by atoms with E-state index in [0.717, 1.165) is 0 Å². The Bertz CT molecular complexity index is 720. The molecule has 0 radical (unpaired) electrons. The average Bonchev–Trinajstić information content (AvgIpc) is 3.04. The highest BCUT2D eigenvalue weighted by atomic mass is 35.5. The summed E-state index contributed by atoms with van der Waals surface area (Å²) in [5, 5.41) is 9.50. The molecule has 146 valence electrons. The average molecular weight is 395 g/mol. The van der Waals surface area contributed by atoms with Crippen molar-refractivity contribution in [3.63, 3.8) is 0 Å². The van der Waals surface area contributed by atoms with E-state index >= 15 is 0 Å². The molecule has 0 bridgehead atoms. The maximum Gasteiger partial charge on any atom is 0.305 e. The third-order valence-electron chi connectivity index (χ3n) is 5.10. The van der Waals surface area contributed by atoms with Crippen LogP contribution < -0.4 is 4.90 Å². The van der Waals surface area contributed by atoms with Gasteiger partial charge in [0.05, 0.1) is 23.0 Å². The van der Waals surface area contributed by atoms with Gasteiger partial charge in [-0.25, -0.2) is 0 Å². The van der Waals surface area contributed by atoms with Gasteiger partial charge in [0.15, 0.2) is 0 Å². The Labute approximate surface area is 162 Å². The number of hydrogen-bond acceptors (Lipinski definition) is 4. The van der Waals surface area contributed by atoms with E-state index in [4.69, 9.17) is 21.4 Å². The van der Waals surface area contributed by atoms with Crippen molar-refractivity contribution in [2.24, 2.45) is 5.92 Å². The van der Waals surface area contributed by atoms with Gasteiger partial charge in [-0.05, 0) is 25.0 Å². The van der Waals surface area contributed by atoms with Crippen LogP contribution in [0, 0.1) is 5.92 Å². The number of carbonyl (C=O) groups excluding carboxylic acids is 2. The molecule has 1 aromatic carbocycles. The van der Waals surface area contributed by atoms with Gasteiger partial charge >= 0.3 is 5.97 Å². The monoisotopic (exact) mass is 394 g/mol. The van der Waals surface area contributed by atoms with Crippen molar-refractivity contribution in [3.8, 4) is 0 Å². The Morgan fingerprint density at radius 2 is 1.96 bits per heavy atom. The topological polar surface area (TPSA) is 87.2 Å². The first-order valence-corrected chi connectivity index (χ1v) is 9.50. The minimum atomic E-state index is -0.944. The number of carboxylic acid groups (broad SMARTS) is 1. The Kier molecular flexibility index (Phi) is 6.34. The number of nitrogens with zero attached hydrogens (tertiary/aromatic N) is 2. The lowest BCUT2D eigenvalue weighted by Crippen LogP contribution is -2.47. The molecule has 2 saturated heterocycles. The largest absolute Gasteiger partial charge is 0.481 e. The number of halogens is 1. The van der Waals surface area contributed by atoms with Crippen LogP contribution in [0.4, 0.5) is 5.69 Å². The van der Waals surface area contributed by atoms with Gasteiger partial charge in [0, 0.05) is 38.8 Å². The van der Waals surface area contributed by atoms with E-state index in [1.54, 1.807) is 34.1 Å². The van der Waals surface area contributed by atoms with Crippen molar-refractivity contribution in [1.82, 2.24) is 4.90 Å². The van der Waals surface area contributed by atoms with E-state index in [1.165, 1.54) is 0 Å². The fourth-order valence-corrected chi connectivity index (χ4v) is 3.93. The number of aliphatic carboxylic acids is 1. The quantitative estimate of drug-likeness (QED) is 0.799. The molecular formula is C19H23ClN2O5. The molecule has 0 saturated carbocycles. The summed E-state index contributed by atoms with van der Waals surface area (Å²) in [7, 11) is 0. The fraction of sp³-hybridized carbons (Fsp3) is 0.526. The van der Waals surface area contributed by atoms with Crippen LogP contribution in [-0.4, -0.2) is 60.1 Å². The molecule has 1 N–H and O–H groups in total. The van der Waals surface area contributed by atoms with Crippen molar-refractivity contribution < 1.29 is 24.2 Å². The zero-order valence-electron chi connectivity index (χ0n) is 15.0. The molecule has 1 atom stereocenters. The first kappa shape index (κ1) is 19.6. The summed E-state index contributed by atoms with van der Waals surface area (Å²) in [6, 6.07) is 7.00. The van der Waals surface area contributed by atoms with Gasteiger partial charge in [0.2, 0.25) is 11.8 Å². The number of amides is 2. The third kappa shape index (κ3) is 4.59. The molecule has 2 amide bonds. The van der Waals surface area contributed by atoms with E-state index < -0.39 is 11.9 Å². The van der Waals surface area contributed by atoms with Crippen LogP contribution in [-0.2, 0) is 19.1 Å². The smallest absolute Gasteiger partial charge is 0.305 e. The highest BCUT2D eigenvalue weighted by molar-refractivity contribution is 6.33. The zero-order valence-corrected chi connectivity index (χ0v) is 15.7. The zero-order chi connectivity index (χ0) is 19.4. The Morgan fingerprint density at radius 3 is 2.63 bits per heavy atom. The van der Waals surface area contributed by atoms with Gasteiger partial charge < -0.3 is 19.6 Å². The Hall–Kier alpha value is -2.12. The van der Waals surface area contributed by atoms with Crippen LogP contribution >= 0.6 is 11.6 Å². The number of benzene rings is 1. The normalized spacial score (nSPS) is 20.7. The van der Waals surface area contributed by atoms with Crippen molar-refractivity contribution >= 4 is 35.1 Å². The maximum atomic E-state index is 13.1. The van der Waals surface area contributed by atoms with E-state index in [1.807, 2.05) is 0 Å². The lowest BCUT2D eigenvalue weighted by atomic mass is 10.0. The molecule has 2 aliphatic rings. The van der Waals surface area contributed by atoms with Gasteiger partial charge in [-0.3, -0.25) is 14.4 Å². The molecule has 3 rings (SSSR count). The number of ether oxygens (including phenoxy) is 1. The van der Waals surface area contributed by atoms with Crippen molar-refractivity contribution in [1.29, 1.82) is 0 Å². The molecule has 0 unspecified atom stereocenters. The third-order valence-corrected chi connectivity index (χ3v) is 5.42. The van der Waals surface area contributed by atoms with Crippen molar-refractivity contribution in [2.75, 3.05) is 31.2 Å². The molecule has 2 aliphatic heterocycles. The molecule has 0 aromatic heterocycles. The van der Waals surface area contributed by atoms with E-state index in [9.17, 15) is 14.4 Å². The lowest BCUT2D eigenvalue weighted by Gasteiger charge is -2.35. The standard InChI is InChI=1S/C19H23ClN2O5/c20-15-3-1-2-4-16(15)22-12-13(11-17(22)23)19(26)21(8-5-18(24)25)14-6-9-27-10-7-14/h1-4,13-14H,5-12H2,(H,24,25)/t13-/m1/s1. The van der Waals surface area contributed by atoms with Gasteiger partial charge in [0.25, 0.3) is 0 Å². The van der Waals surface area contributed by atoms with E-state index in [2.05, 4.69) is 0 Å². The molecule has 2 heterocycles. The molecule has 7 nitrogen and oxygen atoms in total. The maximum absolute atomic E-state index is 13.1. The molecule has 2 fully saturated rings. The summed E-state index contributed by atoms with van der Waals surface area (Å²) >= 11 is 6.20. The van der Waals surface area contributed by atoms with Crippen LogP contribution in [0.5, 0.6) is 0 Å². The van der Waals surface area contributed by atoms with Crippen LogP contribution in [0.25, 0.3) is 0 Å². The molecule has 0 spiro atoms. The molecule has 27 heavy (non-hydrogen) atoms. The van der Waals surface area contributed by atoms with Gasteiger partial charge in [0.1, 0.15) is 0 Å². The summed E-state index contributed by atoms with van der Waals surface area (Å²) in [4.78, 5) is 39.8. The minimum absolute atomic E-state index is 0.0462. The first-order chi connectivity index (χ1) is 13.0. The predicted octanol–water partition coefficient (Wildman–Crippen LogP) is 2.18. The number of hydrogen-bond donors (Lipinski definition) is 1. The van der Waals surface area contributed by atoms with Crippen molar-refractivity contribution in [2.45, 2.75) is 31.7 Å². The van der Waals surface area contributed by atoms with Gasteiger partial charge in [-0.2, -0.15) is 0 Å². The first-order valence-electron chi connectivity index (χ1n) is 9.12. The van der Waals surface area contributed by atoms with Gasteiger partial charge in [-0.1, -0.05) is 23.7 Å². The molecule has 8 heteroatoms. The number of para-hydroxylation sites is 1. The van der Waals surface area contributed by atoms with Crippen LogP contribution in [0.15, 0.2) is 24.3 Å². The fourth-order valence-electron chi connectivity index (χ4n) is 3.70. The van der Waals surface area contributed by atoms with Crippen LogP contribution in [0.2, 0.25) is 5.02 Å². The van der Waals surface area contributed by atoms with Gasteiger partial charge in [-0.15, -0.1) is 0 Å². The SMILES string of the molecule is O=C(O)CCN(C(=O)[C@@H]1CC(=O)N(c2ccccc2Cl)C1)C1CCOCC1. The Morgan fingerprint density at radius 1 is 1.26 bits per heavy atom. The number of carbonyl (C=O) groups is 3. The highest BCUT2D eigenvalue weighted by Crippen LogP contribution is 2.32. The summed E-state index contributed by atoms with van der Waals surface area (Å²) in [5.41, 5.74) is 0.600. The van der Waals surface area contributed by atoms with Crippen LogP contribution in [0.1, 0.15) is 25.7 Å². The number of anilines is 1. The lowest BCUT2D eigenvalue weighted by molar-refractivity contribution is -0.142. The van der Waals surface area contributed by atoms with Crippen molar-refractivity contribution in [3.05, 3.63) is 29.3 Å². The Balaban J connectivity index is 1.74. The van der Waals surface area contributed by atoms with E-state index in [0.29, 0.717) is 36.8 Å². The minimum Gasteiger partial charge on any atom is -0.481 e. The second-order valence-corrected chi connectivity index (χ2v) is 7.28. The summed E-state index contributed by atoms with van der Waals surface area (Å²) in [5.74, 6) is -1.75. The summed E-state index contributed by atoms with van der Waals surface area (Å²) in [6.07, 6.45) is 1.36. The highest BCUT2D eigenvalue weighted by Gasteiger charge is 2.39. The summed E-state index contributed by atoms with van der Waals surface area (Å²) in [6.45, 7) is 1.51. The number of carboxylic acids is 1. The second kappa shape index (κ2) is 8.71. The molecular weight excluding hydrogens is 372 g/mol. The molecule has 1 aromatic rings. The predicted molar refractivity (Wildman–Crippen MR) is 99.7 cm³/mol. The van der Waals surface area contributed by atoms with Crippen LogP contribution in [0.3, 0.4) is 0 Å². The molecule has 0 aliphatic carbocycles.